The second-order valence-electron chi connectivity index (χ2n) is 6.28. The summed E-state index contributed by atoms with van der Waals surface area (Å²) in [5.41, 5.74) is 1.03. The zero-order valence-electron chi connectivity index (χ0n) is 13.2. The molecule has 0 amide bonds. The van der Waals surface area contributed by atoms with Crippen molar-refractivity contribution >= 4 is 5.95 Å². The van der Waals surface area contributed by atoms with E-state index in [2.05, 4.69) is 31.4 Å². The van der Waals surface area contributed by atoms with E-state index in [0.717, 1.165) is 37.5 Å². The molecule has 0 radical (unpaired) electrons. The lowest BCUT2D eigenvalue weighted by Crippen LogP contribution is -2.26. The largest absolute Gasteiger partial charge is 0.481 e. The van der Waals surface area contributed by atoms with Crippen LogP contribution in [0.25, 0.3) is 0 Å². The fourth-order valence-electron chi connectivity index (χ4n) is 2.99. The third-order valence-corrected chi connectivity index (χ3v) is 4.39. The molecule has 1 N–H and O–H groups in total. The molecule has 4 rings (SSSR count). The maximum absolute atomic E-state index is 5.42. The van der Waals surface area contributed by atoms with Crippen molar-refractivity contribution in [2.45, 2.75) is 37.8 Å². The van der Waals surface area contributed by atoms with E-state index in [1.807, 2.05) is 0 Å². The average molecular weight is 315 g/mol. The van der Waals surface area contributed by atoms with Crippen LogP contribution in [0.2, 0.25) is 0 Å². The van der Waals surface area contributed by atoms with Crippen LogP contribution in [0.1, 0.15) is 36.6 Å². The van der Waals surface area contributed by atoms with Crippen molar-refractivity contribution < 1.29 is 9.26 Å². The zero-order valence-corrected chi connectivity index (χ0v) is 13.2. The number of ether oxygens (including phenoxy) is 1. The van der Waals surface area contributed by atoms with Gasteiger partial charge in [0, 0.05) is 49.9 Å². The number of anilines is 1. The van der Waals surface area contributed by atoms with Crippen molar-refractivity contribution in [3.05, 3.63) is 29.8 Å². The topological polar surface area (TPSA) is 76.3 Å². The molecule has 2 fully saturated rings. The maximum atomic E-state index is 5.42. The van der Waals surface area contributed by atoms with Crippen molar-refractivity contribution in [3.63, 3.8) is 0 Å². The van der Waals surface area contributed by atoms with E-state index in [4.69, 9.17) is 9.26 Å². The van der Waals surface area contributed by atoms with E-state index >= 15 is 0 Å². The van der Waals surface area contributed by atoms with Gasteiger partial charge >= 0.3 is 0 Å². The SMILES string of the molecule is COc1ccnc(NC2CCN(Cc3cc(C4CC4)on3)C2)n1. The van der Waals surface area contributed by atoms with Crippen LogP contribution in [-0.4, -0.2) is 46.3 Å². The van der Waals surface area contributed by atoms with Crippen molar-refractivity contribution in [1.29, 1.82) is 0 Å². The van der Waals surface area contributed by atoms with E-state index in [0.29, 0.717) is 23.8 Å². The predicted octanol–water partition coefficient (Wildman–Crippen LogP) is 2.04. The molecule has 1 saturated carbocycles. The highest BCUT2D eigenvalue weighted by atomic mass is 16.5. The smallest absolute Gasteiger partial charge is 0.226 e. The molecule has 1 unspecified atom stereocenters. The first-order valence-corrected chi connectivity index (χ1v) is 8.11. The molecule has 23 heavy (non-hydrogen) atoms. The Morgan fingerprint density at radius 1 is 1.39 bits per heavy atom. The van der Waals surface area contributed by atoms with Crippen LogP contribution >= 0.6 is 0 Å². The summed E-state index contributed by atoms with van der Waals surface area (Å²) in [6.07, 6.45) is 5.25. The van der Waals surface area contributed by atoms with Crippen molar-refractivity contribution in [3.8, 4) is 5.88 Å². The summed E-state index contributed by atoms with van der Waals surface area (Å²) in [6.45, 7) is 2.83. The first-order valence-electron chi connectivity index (χ1n) is 8.11. The standard InChI is InChI=1S/C16H21N5O2/c1-22-15-4-6-17-16(19-15)18-12-5-7-21(9-12)10-13-8-14(23-20-13)11-2-3-11/h4,6,8,11-12H,2-3,5,7,9-10H2,1H3,(H,17,18,19). The van der Waals surface area contributed by atoms with E-state index < -0.39 is 0 Å². The lowest BCUT2D eigenvalue weighted by atomic mass is 10.2. The summed E-state index contributed by atoms with van der Waals surface area (Å²) in [6, 6.07) is 4.20. The molecule has 0 bridgehead atoms. The van der Waals surface area contributed by atoms with Gasteiger partial charge in [0.15, 0.2) is 0 Å². The third kappa shape index (κ3) is 3.44. The number of nitrogens with one attached hydrogen (secondary N) is 1. The van der Waals surface area contributed by atoms with Gasteiger partial charge in [0.05, 0.1) is 12.8 Å². The van der Waals surface area contributed by atoms with Gasteiger partial charge in [-0.25, -0.2) is 4.98 Å². The van der Waals surface area contributed by atoms with E-state index in [-0.39, 0.29) is 0 Å². The number of aromatic nitrogens is 3. The molecule has 1 atom stereocenters. The summed E-state index contributed by atoms with van der Waals surface area (Å²) >= 11 is 0. The molecule has 1 aliphatic heterocycles. The maximum Gasteiger partial charge on any atom is 0.226 e. The highest BCUT2D eigenvalue weighted by Crippen LogP contribution is 2.40. The Balaban J connectivity index is 1.31. The molecule has 7 nitrogen and oxygen atoms in total. The Bertz CT molecular complexity index is 670. The predicted molar refractivity (Wildman–Crippen MR) is 84.4 cm³/mol. The quantitative estimate of drug-likeness (QED) is 0.874. The highest BCUT2D eigenvalue weighted by Gasteiger charge is 2.29. The Hall–Kier alpha value is -2.15. The molecular formula is C16H21N5O2. The fraction of sp³-hybridized carbons (Fsp3) is 0.562. The second-order valence-corrected chi connectivity index (χ2v) is 6.28. The average Bonchev–Trinajstić information content (AvgIpc) is 3.17. The fourth-order valence-corrected chi connectivity index (χ4v) is 2.99. The third-order valence-electron chi connectivity index (χ3n) is 4.39. The molecule has 3 heterocycles. The van der Waals surface area contributed by atoms with Crippen LogP contribution < -0.4 is 10.1 Å². The van der Waals surface area contributed by atoms with Crippen LogP contribution in [0.5, 0.6) is 5.88 Å². The molecule has 1 aliphatic carbocycles. The van der Waals surface area contributed by atoms with Gasteiger partial charge in [0.2, 0.25) is 11.8 Å². The normalized spacial score (nSPS) is 21.5. The Morgan fingerprint density at radius 3 is 3.13 bits per heavy atom. The molecule has 1 saturated heterocycles. The molecular weight excluding hydrogens is 294 g/mol. The van der Waals surface area contributed by atoms with Gasteiger partial charge in [-0.1, -0.05) is 5.16 Å². The van der Waals surface area contributed by atoms with Gasteiger partial charge in [-0.05, 0) is 19.3 Å². The van der Waals surface area contributed by atoms with Crippen molar-refractivity contribution in [1.82, 2.24) is 20.0 Å². The van der Waals surface area contributed by atoms with Crippen molar-refractivity contribution in [2.75, 3.05) is 25.5 Å². The van der Waals surface area contributed by atoms with Gasteiger partial charge < -0.3 is 14.6 Å². The minimum Gasteiger partial charge on any atom is -0.481 e. The molecule has 122 valence electrons. The number of nitrogens with zero attached hydrogens (tertiary/aromatic N) is 4. The van der Waals surface area contributed by atoms with Gasteiger partial charge in [0.25, 0.3) is 0 Å². The van der Waals surface area contributed by atoms with Crippen LogP contribution in [0, 0.1) is 0 Å². The Kier molecular flexibility index (Phi) is 3.87. The molecule has 2 aromatic heterocycles. The van der Waals surface area contributed by atoms with Crippen LogP contribution in [0.3, 0.4) is 0 Å². The summed E-state index contributed by atoms with van der Waals surface area (Å²) in [5.74, 6) is 2.87. The first kappa shape index (κ1) is 14.4. The number of likely N-dealkylation sites (tertiary alicyclic amines) is 1. The minimum atomic E-state index is 0.344. The van der Waals surface area contributed by atoms with Crippen LogP contribution in [0.15, 0.2) is 22.9 Å². The molecule has 7 heteroatoms. The van der Waals surface area contributed by atoms with Crippen LogP contribution in [0.4, 0.5) is 5.95 Å². The van der Waals surface area contributed by atoms with E-state index in [1.165, 1.54) is 12.8 Å². The lowest BCUT2D eigenvalue weighted by Gasteiger charge is -2.15. The van der Waals surface area contributed by atoms with Gasteiger partial charge in [-0.3, -0.25) is 4.90 Å². The lowest BCUT2D eigenvalue weighted by molar-refractivity contribution is 0.308. The first-order chi connectivity index (χ1) is 11.3. The number of hydrogen-bond donors (Lipinski definition) is 1. The Morgan fingerprint density at radius 2 is 2.30 bits per heavy atom. The van der Waals surface area contributed by atoms with Gasteiger partial charge in [0.1, 0.15) is 5.76 Å². The minimum absolute atomic E-state index is 0.344. The highest BCUT2D eigenvalue weighted by molar-refractivity contribution is 5.29. The van der Waals surface area contributed by atoms with Gasteiger partial charge in [-0.15, -0.1) is 0 Å². The molecule has 2 aromatic rings. The van der Waals surface area contributed by atoms with Crippen LogP contribution in [-0.2, 0) is 6.54 Å². The molecule has 2 aliphatic rings. The van der Waals surface area contributed by atoms with Gasteiger partial charge in [-0.2, -0.15) is 4.98 Å². The van der Waals surface area contributed by atoms with E-state index in [1.54, 1.807) is 19.4 Å². The monoisotopic (exact) mass is 315 g/mol. The molecule has 0 spiro atoms. The zero-order chi connectivity index (χ0) is 15.6. The summed E-state index contributed by atoms with van der Waals surface area (Å²) in [4.78, 5) is 10.9. The van der Waals surface area contributed by atoms with Crippen molar-refractivity contribution in [2.24, 2.45) is 0 Å². The Labute approximate surface area is 135 Å². The summed E-state index contributed by atoms with van der Waals surface area (Å²) in [7, 11) is 1.61. The second kappa shape index (κ2) is 6.16. The van der Waals surface area contributed by atoms with E-state index in [9.17, 15) is 0 Å². The summed E-state index contributed by atoms with van der Waals surface area (Å²) < 4.78 is 10.5. The number of rotatable bonds is 6. The number of hydrogen-bond acceptors (Lipinski definition) is 7. The molecule has 0 aromatic carbocycles. The summed E-state index contributed by atoms with van der Waals surface area (Å²) in [5, 5.41) is 7.57. The number of methoxy groups -OCH3 is 1.